The topological polar surface area (TPSA) is 60.5 Å². The predicted molar refractivity (Wildman–Crippen MR) is 89.4 cm³/mol. The molecule has 0 saturated carbocycles. The van der Waals surface area contributed by atoms with E-state index in [4.69, 9.17) is 9.47 Å². The SMILES string of the molecule is COC(=O)c1cnc(Nc2ccc(OC)cc2)c2ccccc12. The number of pyridine rings is 1. The summed E-state index contributed by atoms with van der Waals surface area (Å²) in [5.41, 5.74) is 1.33. The van der Waals surface area contributed by atoms with Crippen LogP contribution in [0.5, 0.6) is 5.75 Å². The van der Waals surface area contributed by atoms with Gasteiger partial charge in [0.05, 0.1) is 19.8 Å². The summed E-state index contributed by atoms with van der Waals surface area (Å²) in [5.74, 6) is 1.07. The Labute approximate surface area is 133 Å². The first-order chi connectivity index (χ1) is 11.2. The zero-order chi connectivity index (χ0) is 16.2. The number of aromatic nitrogens is 1. The van der Waals surface area contributed by atoms with Crippen molar-refractivity contribution in [2.75, 3.05) is 19.5 Å². The fourth-order valence-corrected chi connectivity index (χ4v) is 2.38. The largest absolute Gasteiger partial charge is 0.497 e. The lowest BCUT2D eigenvalue weighted by Gasteiger charge is -2.11. The highest BCUT2D eigenvalue weighted by molar-refractivity contribution is 6.07. The second-order valence-corrected chi connectivity index (χ2v) is 4.91. The summed E-state index contributed by atoms with van der Waals surface area (Å²) in [6, 6.07) is 15.1. The van der Waals surface area contributed by atoms with Crippen molar-refractivity contribution in [3.05, 3.63) is 60.3 Å². The summed E-state index contributed by atoms with van der Waals surface area (Å²) >= 11 is 0. The number of methoxy groups -OCH3 is 2. The first-order valence-corrected chi connectivity index (χ1v) is 7.10. The number of carbonyl (C=O) groups excluding carboxylic acids is 1. The number of hydrogen-bond donors (Lipinski definition) is 1. The molecule has 0 saturated heterocycles. The number of rotatable bonds is 4. The maximum Gasteiger partial charge on any atom is 0.340 e. The van der Waals surface area contributed by atoms with Crippen LogP contribution in [0.15, 0.2) is 54.7 Å². The maximum absolute atomic E-state index is 11.9. The van der Waals surface area contributed by atoms with Gasteiger partial charge in [-0.3, -0.25) is 0 Å². The Balaban J connectivity index is 2.02. The average molecular weight is 308 g/mol. The molecule has 5 heteroatoms. The molecule has 23 heavy (non-hydrogen) atoms. The highest BCUT2D eigenvalue weighted by atomic mass is 16.5. The fourth-order valence-electron chi connectivity index (χ4n) is 2.38. The van der Waals surface area contributed by atoms with Crippen LogP contribution in [-0.2, 0) is 4.74 Å². The van der Waals surface area contributed by atoms with E-state index < -0.39 is 5.97 Å². The van der Waals surface area contributed by atoms with Gasteiger partial charge in [0.15, 0.2) is 0 Å². The Morgan fingerprint density at radius 3 is 2.35 bits per heavy atom. The number of benzene rings is 2. The number of ether oxygens (including phenoxy) is 2. The van der Waals surface area contributed by atoms with Crippen LogP contribution in [0.25, 0.3) is 10.8 Å². The van der Waals surface area contributed by atoms with E-state index in [0.717, 1.165) is 22.2 Å². The molecule has 1 heterocycles. The summed E-state index contributed by atoms with van der Waals surface area (Å²) in [4.78, 5) is 16.2. The molecule has 5 nitrogen and oxygen atoms in total. The van der Waals surface area contributed by atoms with E-state index >= 15 is 0 Å². The quantitative estimate of drug-likeness (QED) is 0.743. The molecule has 0 aliphatic carbocycles. The van der Waals surface area contributed by atoms with Crippen LogP contribution in [0.2, 0.25) is 0 Å². The highest BCUT2D eigenvalue weighted by Gasteiger charge is 2.13. The molecule has 0 amide bonds. The first-order valence-electron chi connectivity index (χ1n) is 7.10. The average Bonchev–Trinajstić information content (AvgIpc) is 2.62. The van der Waals surface area contributed by atoms with Crippen molar-refractivity contribution >= 4 is 28.2 Å². The second-order valence-electron chi connectivity index (χ2n) is 4.91. The van der Waals surface area contributed by atoms with Gasteiger partial charge >= 0.3 is 5.97 Å². The summed E-state index contributed by atoms with van der Waals surface area (Å²) in [5, 5.41) is 4.91. The maximum atomic E-state index is 11.9. The van der Waals surface area contributed by atoms with E-state index in [9.17, 15) is 4.79 Å². The Hall–Kier alpha value is -3.08. The van der Waals surface area contributed by atoms with Crippen molar-refractivity contribution in [2.24, 2.45) is 0 Å². The minimum Gasteiger partial charge on any atom is -0.497 e. The number of nitrogens with zero attached hydrogens (tertiary/aromatic N) is 1. The third-order valence-electron chi connectivity index (χ3n) is 3.55. The van der Waals surface area contributed by atoms with Crippen LogP contribution in [0.3, 0.4) is 0 Å². The van der Waals surface area contributed by atoms with Gasteiger partial charge in [-0.05, 0) is 24.3 Å². The molecule has 1 N–H and O–H groups in total. The molecule has 116 valence electrons. The molecular formula is C18H16N2O3. The predicted octanol–water partition coefficient (Wildman–Crippen LogP) is 3.77. The van der Waals surface area contributed by atoms with Crippen molar-refractivity contribution < 1.29 is 14.3 Å². The lowest BCUT2D eigenvalue weighted by molar-refractivity contribution is 0.0602. The Morgan fingerprint density at radius 1 is 1.00 bits per heavy atom. The standard InChI is InChI=1S/C18H16N2O3/c1-22-13-9-7-12(8-10-13)20-17-15-6-4-3-5-14(15)16(11-19-17)18(21)23-2/h3-11H,1-2H3,(H,19,20). The van der Waals surface area contributed by atoms with Crippen LogP contribution >= 0.6 is 0 Å². The monoisotopic (exact) mass is 308 g/mol. The van der Waals surface area contributed by atoms with Gasteiger partial charge in [-0.15, -0.1) is 0 Å². The summed E-state index contributed by atoms with van der Waals surface area (Å²) in [6.45, 7) is 0. The van der Waals surface area contributed by atoms with E-state index in [1.54, 1.807) is 7.11 Å². The van der Waals surface area contributed by atoms with Gasteiger partial charge in [0, 0.05) is 22.7 Å². The van der Waals surface area contributed by atoms with E-state index in [1.807, 2.05) is 48.5 Å². The van der Waals surface area contributed by atoms with Gasteiger partial charge in [0.25, 0.3) is 0 Å². The first kappa shape index (κ1) is 14.8. The number of hydrogen-bond acceptors (Lipinski definition) is 5. The van der Waals surface area contributed by atoms with Crippen LogP contribution in [-0.4, -0.2) is 25.2 Å². The lowest BCUT2D eigenvalue weighted by atomic mass is 10.1. The van der Waals surface area contributed by atoms with Crippen molar-refractivity contribution in [2.45, 2.75) is 0 Å². The van der Waals surface area contributed by atoms with Crippen LogP contribution in [0.1, 0.15) is 10.4 Å². The van der Waals surface area contributed by atoms with Crippen LogP contribution < -0.4 is 10.1 Å². The second kappa shape index (κ2) is 6.36. The number of esters is 1. The molecule has 0 aliphatic rings. The van der Waals surface area contributed by atoms with Gasteiger partial charge in [-0.1, -0.05) is 24.3 Å². The summed E-state index contributed by atoms with van der Waals surface area (Å²) < 4.78 is 9.96. The van der Waals surface area contributed by atoms with Gasteiger partial charge < -0.3 is 14.8 Å². The van der Waals surface area contributed by atoms with E-state index in [1.165, 1.54) is 13.3 Å². The Bertz CT molecular complexity index is 845. The molecular weight excluding hydrogens is 292 g/mol. The van der Waals surface area contributed by atoms with Crippen LogP contribution in [0, 0.1) is 0 Å². The summed E-state index contributed by atoms with van der Waals surface area (Å²) in [7, 11) is 2.99. The number of anilines is 2. The summed E-state index contributed by atoms with van der Waals surface area (Å²) in [6.07, 6.45) is 1.53. The Kier molecular flexibility index (Phi) is 4.10. The lowest BCUT2D eigenvalue weighted by Crippen LogP contribution is -2.04. The molecule has 3 rings (SSSR count). The molecule has 0 aliphatic heterocycles. The van der Waals surface area contributed by atoms with Gasteiger partial charge in [0.1, 0.15) is 11.6 Å². The molecule has 0 fully saturated rings. The van der Waals surface area contributed by atoms with Crippen molar-refractivity contribution in [1.29, 1.82) is 0 Å². The van der Waals surface area contributed by atoms with Crippen molar-refractivity contribution in [1.82, 2.24) is 4.98 Å². The smallest absolute Gasteiger partial charge is 0.340 e. The Morgan fingerprint density at radius 2 is 1.70 bits per heavy atom. The van der Waals surface area contributed by atoms with Gasteiger partial charge in [-0.25, -0.2) is 9.78 Å². The van der Waals surface area contributed by atoms with E-state index in [2.05, 4.69) is 10.3 Å². The number of fused-ring (bicyclic) bond motifs is 1. The molecule has 0 bridgehead atoms. The van der Waals surface area contributed by atoms with Gasteiger partial charge in [-0.2, -0.15) is 0 Å². The minimum absolute atomic E-state index is 0.398. The number of carbonyl (C=O) groups is 1. The minimum atomic E-state index is -0.398. The van der Waals surface area contributed by atoms with Gasteiger partial charge in [0.2, 0.25) is 0 Å². The normalized spacial score (nSPS) is 10.3. The third-order valence-corrected chi connectivity index (χ3v) is 3.55. The molecule has 2 aromatic carbocycles. The van der Waals surface area contributed by atoms with Crippen molar-refractivity contribution in [3.8, 4) is 5.75 Å². The molecule has 0 unspecified atom stereocenters. The zero-order valence-corrected chi connectivity index (χ0v) is 12.9. The highest BCUT2D eigenvalue weighted by Crippen LogP contribution is 2.27. The van der Waals surface area contributed by atoms with E-state index in [0.29, 0.717) is 11.4 Å². The third kappa shape index (κ3) is 2.94. The zero-order valence-electron chi connectivity index (χ0n) is 12.9. The van der Waals surface area contributed by atoms with Crippen molar-refractivity contribution in [3.63, 3.8) is 0 Å². The molecule has 0 atom stereocenters. The van der Waals surface area contributed by atoms with E-state index in [-0.39, 0.29) is 0 Å². The number of nitrogens with one attached hydrogen (secondary N) is 1. The van der Waals surface area contributed by atoms with Crippen LogP contribution in [0.4, 0.5) is 11.5 Å². The molecule has 0 spiro atoms. The molecule has 0 radical (unpaired) electrons. The fraction of sp³-hybridized carbons (Fsp3) is 0.111. The molecule has 1 aromatic heterocycles. The molecule has 3 aromatic rings.